The fraction of sp³-hybridized carbons (Fsp3) is 0.524. The van der Waals surface area contributed by atoms with Crippen LogP contribution in [0.5, 0.6) is 0 Å². The topological polar surface area (TPSA) is 97.1 Å². The van der Waals surface area contributed by atoms with Gasteiger partial charge in [-0.25, -0.2) is 0 Å². The monoisotopic (exact) mass is 438 g/mol. The largest absolute Gasteiger partial charge is 0.416 e. The summed E-state index contributed by atoms with van der Waals surface area (Å²) in [6.07, 6.45) is 1.27. The average molecular weight is 438 g/mol. The summed E-state index contributed by atoms with van der Waals surface area (Å²) < 4.78 is 43.1. The van der Waals surface area contributed by atoms with Gasteiger partial charge in [-0.05, 0) is 37.1 Å². The molecule has 2 N–H and O–H groups in total. The first-order chi connectivity index (χ1) is 14.7. The zero-order valence-corrected chi connectivity index (χ0v) is 17.2. The van der Waals surface area contributed by atoms with Crippen LogP contribution in [0.4, 0.5) is 18.9 Å². The molecular formula is C21H25F3N4O3. The lowest BCUT2D eigenvalue weighted by Gasteiger charge is -2.30. The van der Waals surface area contributed by atoms with Crippen molar-refractivity contribution in [1.29, 1.82) is 0 Å². The van der Waals surface area contributed by atoms with Gasteiger partial charge in [-0.1, -0.05) is 30.8 Å². The Balaban J connectivity index is 1.60. The number of aryl methyl sites for hydroxylation is 1. The fourth-order valence-corrected chi connectivity index (χ4v) is 3.81. The Kier molecular flexibility index (Phi) is 6.97. The number of amides is 2. The molecule has 1 aromatic heterocycles. The number of nitrogens with one attached hydrogen (secondary N) is 2. The van der Waals surface area contributed by atoms with E-state index in [0.29, 0.717) is 5.82 Å². The van der Waals surface area contributed by atoms with Crippen molar-refractivity contribution >= 4 is 17.5 Å². The Morgan fingerprint density at radius 3 is 2.32 bits per heavy atom. The van der Waals surface area contributed by atoms with Crippen molar-refractivity contribution < 1.29 is 27.3 Å². The molecule has 0 unspecified atom stereocenters. The van der Waals surface area contributed by atoms with E-state index in [1.807, 2.05) is 0 Å². The van der Waals surface area contributed by atoms with Crippen molar-refractivity contribution in [3.8, 4) is 0 Å². The number of carbonyl (C=O) groups excluding carboxylic acids is 2. The average Bonchev–Trinajstić information content (AvgIpc) is 3.06. The molecule has 3 rings (SSSR count). The maximum absolute atomic E-state index is 12.6. The zero-order chi connectivity index (χ0) is 22.5. The lowest BCUT2D eigenvalue weighted by molar-refractivity contribution is -0.137. The van der Waals surface area contributed by atoms with Gasteiger partial charge in [-0.15, -0.1) is 0 Å². The molecule has 0 spiro atoms. The number of alkyl halides is 3. The molecule has 1 aliphatic carbocycles. The summed E-state index contributed by atoms with van der Waals surface area (Å²) in [5, 5.41) is 9.61. The van der Waals surface area contributed by atoms with Crippen LogP contribution in [0.3, 0.4) is 0 Å². The molecule has 2 amide bonds. The Morgan fingerprint density at radius 2 is 1.74 bits per heavy atom. The van der Waals surface area contributed by atoms with Gasteiger partial charge in [0.2, 0.25) is 17.7 Å². The Hall–Kier alpha value is -2.91. The first-order valence-corrected chi connectivity index (χ1v) is 10.3. The minimum absolute atomic E-state index is 0.0236. The number of benzene rings is 1. The number of hydrogen-bond donors (Lipinski definition) is 2. The van der Waals surface area contributed by atoms with Crippen LogP contribution < -0.4 is 10.6 Å². The van der Waals surface area contributed by atoms with E-state index in [9.17, 15) is 22.8 Å². The highest BCUT2D eigenvalue weighted by molar-refractivity contribution is 5.90. The highest BCUT2D eigenvalue weighted by Crippen LogP contribution is 2.34. The number of nitrogens with zero attached hydrogens (tertiary/aromatic N) is 2. The smallest absolute Gasteiger partial charge is 0.343 e. The second-order valence-electron chi connectivity index (χ2n) is 7.81. The zero-order valence-electron chi connectivity index (χ0n) is 17.2. The Morgan fingerprint density at radius 1 is 1.10 bits per heavy atom. The molecule has 0 aliphatic heterocycles. The second kappa shape index (κ2) is 9.49. The summed E-state index contributed by atoms with van der Waals surface area (Å²) in [5.74, 6) is 0.143. The lowest BCUT2D eigenvalue weighted by atomic mass is 9.89. The van der Waals surface area contributed by atoms with E-state index < -0.39 is 17.3 Å². The van der Waals surface area contributed by atoms with Gasteiger partial charge >= 0.3 is 6.18 Å². The highest BCUT2D eigenvalue weighted by Gasteiger charge is 2.38. The highest BCUT2D eigenvalue weighted by atomic mass is 19.4. The summed E-state index contributed by atoms with van der Waals surface area (Å²) in [5.41, 5.74) is -1.17. The SMILES string of the molecule is CC(=O)NC1(c2noc(CCC(=O)Nc3ccc(C(F)(F)F)cc3)n2)CCCCCC1. The molecule has 0 bridgehead atoms. The Labute approximate surface area is 177 Å². The van der Waals surface area contributed by atoms with E-state index in [0.717, 1.165) is 50.7 Å². The molecule has 0 radical (unpaired) electrons. The third kappa shape index (κ3) is 6.05. The van der Waals surface area contributed by atoms with E-state index >= 15 is 0 Å². The molecule has 10 heteroatoms. The number of rotatable bonds is 6. The summed E-state index contributed by atoms with van der Waals surface area (Å²) >= 11 is 0. The minimum atomic E-state index is -4.43. The lowest BCUT2D eigenvalue weighted by Crippen LogP contribution is -2.45. The molecule has 0 atom stereocenters. The number of carbonyl (C=O) groups is 2. The van der Waals surface area contributed by atoms with E-state index in [1.54, 1.807) is 0 Å². The molecule has 7 nitrogen and oxygen atoms in total. The van der Waals surface area contributed by atoms with Crippen molar-refractivity contribution in [2.75, 3.05) is 5.32 Å². The standard InChI is InChI=1S/C21H25F3N4O3/c1-14(29)27-20(12-4-2-3-5-13-20)19-26-18(31-28-19)11-10-17(30)25-16-8-6-15(7-9-16)21(22,23)24/h6-9H,2-5,10-13H2,1H3,(H,25,30)(H,27,29). The molecule has 1 fully saturated rings. The van der Waals surface area contributed by atoms with Crippen LogP contribution in [0, 0.1) is 0 Å². The van der Waals surface area contributed by atoms with Crippen molar-refractivity contribution in [2.45, 2.75) is 70.0 Å². The first-order valence-electron chi connectivity index (χ1n) is 10.3. The van der Waals surface area contributed by atoms with Gasteiger partial charge < -0.3 is 15.2 Å². The fourth-order valence-electron chi connectivity index (χ4n) is 3.81. The molecule has 31 heavy (non-hydrogen) atoms. The first kappa shape index (κ1) is 22.8. The van der Waals surface area contributed by atoms with Crippen LogP contribution in [-0.2, 0) is 27.7 Å². The van der Waals surface area contributed by atoms with Crippen LogP contribution >= 0.6 is 0 Å². The maximum Gasteiger partial charge on any atom is 0.416 e. The number of aromatic nitrogens is 2. The van der Waals surface area contributed by atoms with Crippen LogP contribution in [0.15, 0.2) is 28.8 Å². The molecule has 168 valence electrons. The molecule has 2 aromatic rings. The third-order valence-electron chi connectivity index (χ3n) is 5.33. The van der Waals surface area contributed by atoms with Gasteiger partial charge in [0.05, 0.1) is 5.56 Å². The molecule has 1 heterocycles. The van der Waals surface area contributed by atoms with Crippen molar-refractivity contribution in [3.05, 3.63) is 41.5 Å². The van der Waals surface area contributed by atoms with Crippen LogP contribution in [0.1, 0.15) is 69.1 Å². The van der Waals surface area contributed by atoms with Gasteiger partial charge in [-0.2, -0.15) is 18.2 Å². The minimum Gasteiger partial charge on any atom is -0.343 e. The van der Waals surface area contributed by atoms with Crippen LogP contribution in [-0.4, -0.2) is 22.0 Å². The van der Waals surface area contributed by atoms with Gasteiger partial charge in [-0.3, -0.25) is 9.59 Å². The summed E-state index contributed by atoms with van der Waals surface area (Å²) in [7, 11) is 0. The normalized spacial score (nSPS) is 16.4. The second-order valence-corrected chi connectivity index (χ2v) is 7.81. The van der Waals surface area contributed by atoms with Crippen molar-refractivity contribution in [1.82, 2.24) is 15.5 Å². The number of hydrogen-bond acceptors (Lipinski definition) is 5. The van der Waals surface area contributed by atoms with E-state index in [1.165, 1.54) is 19.1 Å². The number of halogens is 3. The van der Waals surface area contributed by atoms with Crippen molar-refractivity contribution in [3.63, 3.8) is 0 Å². The predicted octanol–water partition coefficient (Wildman–Crippen LogP) is 4.35. The van der Waals surface area contributed by atoms with Crippen LogP contribution in [0.25, 0.3) is 0 Å². The summed E-state index contributed by atoms with van der Waals surface area (Å²) in [6.45, 7) is 1.46. The quantitative estimate of drug-likeness (QED) is 0.654. The molecule has 0 saturated heterocycles. The van der Waals surface area contributed by atoms with Crippen LogP contribution in [0.2, 0.25) is 0 Å². The summed E-state index contributed by atoms with van der Waals surface area (Å²) in [6, 6.07) is 4.23. The maximum atomic E-state index is 12.6. The van der Waals surface area contributed by atoms with Gasteiger partial charge in [0.25, 0.3) is 0 Å². The third-order valence-corrected chi connectivity index (χ3v) is 5.33. The van der Waals surface area contributed by atoms with Gasteiger partial charge in [0.1, 0.15) is 5.54 Å². The van der Waals surface area contributed by atoms with Gasteiger partial charge in [0.15, 0.2) is 5.82 Å². The molecule has 1 saturated carbocycles. The Bertz CT molecular complexity index is 901. The van der Waals surface area contributed by atoms with E-state index in [4.69, 9.17) is 4.52 Å². The molecular weight excluding hydrogens is 413 g/mol. The molecule has 1 aliphatic rings. The number of anilines is 1. The van der Waals surface area contributed by atoms with E-state index in [2.05, 4.69) is 20.8 Å². The molecule has 1 aromatic carbocycles. The van der Waals surface area contributed by atoms with Gasteiger partial charge in [0, 0.05) is 25.5 Å². The summed E-state index contributed by atoms with van der Waals surface area (Å²) in [4.78, 5) is 28.3. The predicted molar refractivity (Wildman–Crippen MR) is 106 cm³/mol. The van der Waals surface area contributed by atoms with E-state index in [-0.39, 0.29) is 36.2 Å². The van der Waals surface area contributed by atoms with Crippen molar-refractivity contribution in [2.24, 2.45) is 0 Å².